The van der Waals surface area contributed by atoms with Crippen LogP contribution in [0.5, 0.6) is 0 Å². The molecule has 1 aromatic heterocycles. The van der Waals surface area contributed by atoms with E-state index in [1.165, 1.54) is 0 Å². The van der Waals surface area contributed by atoms with Crippen LogP contribution in [0.1, 0.15) is 25.6 Å². The third-order valence-electron chi connectivity index (χ3n) is 1.54. The van der Waals surface area contributed by atoms with Crippen molar-refractivity contribution in [3.63, 3.8) is 0 Å². The van der Waals surface area contributed by atoms with E-state index in [2.05, 4.69) is 29.1 Å². The molecule has 1 unspecified atom stereocenters. The summed E-state index contributed by atoms with van der Waals surface area (Å²) in [6.07, 6.45) is 5.18. The van der Waals surface area contributed by atoms with Gasteiger partial charge in [-0.25, -0.2) is 0 Å². The van der Waals surface area contributed by atoms with Gasteiger partial charge in [0, 0.05) is 24.6 Å². The summed E-state index contributed by atoms with van der Waals surface area (Å²) in [6, 6.07) is 0.300. The highest BCUT2D eigenvalue weighted by Crippen LogP contribution is 2.04. The number of hydrogen-bond acceptors (Lipinski definition) is 3. The molecular formula is C8H13N3. The van der Waals surface area contributed by atoms with Gasteiger partial charge in [-0.2, -0.15) is 0 Å². The van der Waals surface area contributed by atoms with Gasteiger partial charge in [0.2, 0.25) is 0 Å². The Bertz CT molecular complexity index is 198. The maximum Gasteiger partial charge on any atom is 0.0753 e. The average Bonchev–Trinajstić information content (AvgIpc) is 2.07. The van der Waals surface area contributed by atoms with Crippen LogP contribution < -0.4 is 5.32 Å². The number of nitrogens with one attached hydrogen (secondary N) is 1. The second-order valence-corrected chi connectivity index (χ2v) is 2.41. The van der Waals surface area contributed by atoms with Crippen molar-refractivity contribution in [2.45, 2.75) is 19.9 Å². The SMILES string of the molecule is CCNC(C)c1cnccn1. The summed E-state index contributed by atoms with van der Waals surface area (Å²) in [5.41, 5.74) is 0.995. The van der Waals surface area contributed by atoms with Crippen LogP contribution in [0.15, 0.2) is 18.6 Å². The molecule has 0 radical (unpaired) electrons. The normalized spacial score (nSPS) is 12.9. The molecule has 3 nitrogen and oxygen atoms in total. The molecule has 0 saturated carbocycles. The molecule has 1 atom stereocenters. The van der Waals surface area contributed by atoms with E-state index in [0.717, 1.165) is 12.2 Å². The van der Waals surface area contributed by atoms with Gasteiger partial charge < -0.3 is 5.32 Å². The quantitative estimate of drug-likeness (QED) is 0.704. The lowest BCUT2D eigenvalue weighted by Gasteiger charge is -2.09. The lowest BCUT2D eigenvalue weighted by Crippen LogP contribution is -2.18. The Hall–Kier alpha value is -0.960. The van der Waals surface area contributed by atoms with E-state index in [9.17, 15) is 0 Å². The summed E-state index contributed by atoms with van der Waals surface area (Å²) in [7, 11) is 0. The van der Waals surface area contributed by atoms with Crippen molar-refractivity contribution in [1.29, 1.82) is 0 Å². The molecular weight excluding hydrogens is 138 g/mol. The monoisotopic (exact) mass is 151 g/mol. The van der Waals surface area contributed by atoms with Gasteiger partial charge in [-0.3, -0.25) is 9.97 Å². The zero-order valence-corrected chi connectivity index (χ0v) is 6.91. The van der Waals surface area contributed by atoms with Crippen molar-refractivity contribution in [2.24, 2.45) is 0 Å². The number of aromatic nitrogens is 2. The smallest absolute Gasteiger partial charge is 0.0753 e. The van der Waals surface area contributed by atoms with Crippen LogP contribution in [0, 0.1) is 0 Å². The summed E-state index contributed by atoms with van der Waals surface area (Å²) in [5, 5.41) is 3.26. The first-order valence-corrected chi connectivity index (χ1v) is 3.84. The molecule has 0 amide bonds. The molecule has 1 aromatic rings. The van der Waals surface area contributed by atoms with Crippen LogP contribution in [0.25, 0.3) is 0 Å². The van der Waals surface area contributed by atoms with Crippen LogP contribution >= 0.6 is 0 Å². The predicted molar refractivity (Wildman–Crippen MR) is 44.1 cm³/mol. The molecule has 0 saturated heterocycles. The number of nitrogens with zero attached hydrogens (tertiary/aromatic N) is 2. The highest BCUT2D eigenvalue weighted by atomic mass is 14.9. The van der Waals surface area contributed by atoms with Gasteiger partial charge in [-0.15, -0.1) is 0 Å². The van der Waals surface area contributed by atoms with E-state index in [0.29, 0.717) is 6.04 Å². The van der Waals surface area contributed by atoms with E-state index in [1.54, 1.807) is 18.6 Å². The fourth-order valence-corrected chi connectivity index (χ4v) is 0.945. The van der Waals surface area contributed by atoms with Crippen LogP contribution in [0.3, 0.4) is 0 Å². The molecule has 1 heterocycles. The van der Waals surface area contributed by atoms with E-state index in [1.807, 2.05) is 0 Å². The Morgan fingerprint density at radius 1 is 1.55 bits per heavy atom. The van der Waals surface area contributed by atoms with Crippen molar-refractivity contribution in [3.05, 3.63) is 24.3 Å². The van der Waals surface area contributed by atoms with E-state index in [-0.39, 0.29) is 0 Å². The second kappa shape index (κ2) is 4.03. The number of hydrogen-bond donors (Lipinski definition) is 1. The fourth-order valence-electron chi connectivity index (χ4n) is 0.945. The summed E-state index contributed by atoms with van der Waals surface area (Å²) >= 11 is 0. The zero-order valence-electron chi connectivity index (χ0n) is 6.91. The van der Waals surface area contributed by atoms with E-state index >= 15 is 0 Å². The molecule has 0 aliphatic heterocycles. The van der Waals surface area contributed by atoms with Crippen molar-refractivity contribution in [1.82, 2.24) is 15.3 Å². The lowest BCUT2D eigenvalue weighted by atomic mass is 10.2. The summed E-state index contributed by atoms with van der Waals surface area (Å²) in [5.74, 6) is 0. The van der Waals surface area contributed by atoms with Crippen LogP contribution in [-0.2, 0) is 0 Å². The predicted octanol–water partition coefficient (Wildman–Crippen LogP) is 1.15. The first-order chi connectivity index (χ1) is 5.34. The third-order valence-corrected chi connectivity index (χ3v) is 1.54. The van der Waals surface area contributed by atoms with E-state index in [4.69, 9.17) is 0 Å². The first-order valence-electron chi connectivity index (χ1n) is 3.84. The minimum Gasteiger partial charge on any atom is -0.309 e. The molecule has 3 heteroatoms. The Morgan fingerprint density at radius 2 is 2.36 bits per heavy atom. The summed E-state index contributed by atoms with van der Waals surface area (Å²) in [4.78, 5) is 8.16. The molecule has 0 fully saturated rings. The van der Waals surface area contributed by atoms with Gasteiger partial charge in [-0.05, 0) is 13.5 Å². The molecule has 0 aromatic carbocycles. The highest BCUT2D eigenvalue weighted by molar-refractivity contribution is 5.00. The molecule has 11 heavy (non-hydrogen) atoms. The average molecular weight is 151 g/mol. The van der Waals surface area contributed by atoms with Crippen molar-refractivity contribution in [2.75, 3.05) is 6.54 Å². The lowest BCUT2D eigenvalue weighted by molar-refractivity contribution is 0.581. The summed E-state index contributed by atoms with van der Waals surface area (Å²) < 4.78 is 0. The van der Waals surface area contributed by atoms with Gasteiger partial charge in [0.25, 0.3) is 0 Å². The van der Waals surface area contributed by atoms with E-state index < -0.39 is 0 Å². The van der Waals surface area contributed by atoms with Gasteiger partial charge >= 0.3 is 0 Å². The maximum absolute atomic E-state index is 4.17. The molecule has 0 aliphatic carbocycles. The van der Waals surface area contributed by atoms with Crippen LogP contribution in [0.2, 0.25) is 0 Å². The zero-order chi connectivity index (χ0) is 8.10. The van der Waals surface area contributed by atoms with Crippen LogP contribution in [-0.4, -0.2) is 16.5 Å². The summed E-state index contributed by atoms with van der Waals surface area (Å²) in [6.45, 7) is 5.11. The van der Waals surface area contributed by atoms with Crippen molar-refractivity contribution < 1.29 is 0 Å². The minimum absolute atomic E-state index is 0.300. The first kappa shape index (κ1) is 8.14. The molecule has 0 spiro atoms. The molecule has 0 bridgehead atoms. The van der Waals surface area contributed by atoms with Crippen molar-refractivity contribution >= 4 is 0 Å². The Morgan fingerprint density at radius 3 is 2.91 bits per heavy atom. The third kappa shape index (κ3) is 2.27. The molecule has 1 N–H and O–H groups in total. The molecule has 1 rings (SSSR count). The minimum atomic E-state index is 0.300. The van der Waals surface area contributed by atoms with Crippen LogP contribution in [0.4, 0.5) is 0 Å². The van der Waals surface area contributed by atoms with Gasteiger partial charge in [0.15, 0.2) is 0 Å². The highest BCUT2D eigenvalue weighted by Gasteiger charge is 2.02. The Balaban J connectivity index is 2.61. The molecule has 60 valence electrons. The van der Waals surface area contributed by atoms with Gasteiger partial charge in [0.05, 0.1) is 5.69 Å². The van der Waals surface area contributed by atoms with Crippen molar-refractivity contribution in [3.8, 4) is 0 Å². The Kier molecular flexibility index (Phi) is 2.98. The fraction of sp³-hybridized carbons (Fsp3) is 0.500. The largest absolute Gasteiger partial charge is 0.309 e. The van der Waals surface area contributed by atoms with Gasteiger partial charge in [-0.1, -0.05) is 6.92 Å². The Labute approximate surface area is 66.9 Å². The molecule has 0 aliphatic rings. The topological polar surface area (TPSA) is 37.8 Å². The standard InChI is InChI=1S/C8H13N3/c1-3-10-7(2)8-6-9-4-5-11-8/h4-7,10H,3H2,1-2H3. The second-order valence-electron chi connectivity index (χ2n) is 2.41. The number of rotatable bonds is 3. The van der Waals surface area contributed by atoms with Gasteiger partial charge in [0.1, 0.15) is 0 Å². The maximum atomic E-state index is 4.17.